The highest BCUT2D eigenvalue weighted by Gasteiger charge is 2.42. The normalized spacial score (nSPS) is 22.5. The number of rotatable bonds is 5. The highest BCUT2D eigenvalue weighted by molar-refractivity contribution is 5.54. The Morgan fingerprint density at radius 3 is 2.66 bits per heavy atom. The van der Waals surface area contributed by atoms with E-state index >= 15 is 0 Å². The second kappa shape index (κ2) is 7.81. The highest BCUT2D eigenvalue weighted by atomic mass is 19.4. The number of pyridine rings is 1. The number of alkyl halides is 3. The third-order valence-electron chi connectivity index (χ3n) is 6.59. The fourth-order valence-electron chi connectivity index (χ4n) is 4.59. The van der Waals surface area contributed by atoms with Crippen molar-refractivity contribution < 1.29 is 22.3 Å². The Labute approximate surface area is 183 Å². The van der Waals surface area contributed by atoms with Gasteiger partial charge in [-0.3, -0.25) is 9.30 Å². The number of morpholine rings is 1. The monoisotopic (exact) mass is 448 g/mol. The second-order valence-corrected chi connectivity index (χ2v) is 8.90. The van der Waals surface area contributed by atoms with E-state index in [2.05, 4.69) is 10.2 Å². The van der Waals surface area contributed by atoms with Gasteiger partial charge in [0.1, 0.15) is 17.2 Å². The minimum absolute atomic E-state index is 0.00957. The van der Waals surface area contributed by atoms with Crippen molar-refractivity contribution in [1.82, 2.24) is 19.5 Å². The molecular weight excluding hydrogens is 424 g/mol. The molecule has 1 aliphatic carbocycles. The maximum absolute atomic E-state index is 14.6. The molecule has 1 aromatic carbocycles. The first kappa shape index (κ1) is 21.3. The average Bonchev–Trinajstić information content (AvgIpc) is 3.47. The van der Waals surface area contributed by atoms with Crippen molar-refractivity contribution in [3.05, 3.63) is 64.9 Å². The Bertz CT molecular complexity index is 1140. The smallest absolute Gasteiger partial charge is 0.378 e. The summed E-state index contributed by atoms with van der Waals surface area (Å²) in [6, 6.07) is 7.83. The van der Waals surface area contributed by atoms with E-state index in [0.717, 1.165) is 12.8 Å². The van der Waals surface area contributed by atoms with E-state index in [0.29, 0.717) is 36.9 Å². The third-order valence-corrected chi connectivity index (χ3v) is 6.59. The number of fused-ring (bicyclic) bond motifs is 1. The molecule has 9 heteroatoms. The summed E-state index contributed by atoms with van der Waals surface area (Å²) in [5.74, 6) is 0.632. The van der Waals surface area contributed by atoms with Gasteiger partial charge in [-0.15, -0.1) is 10.2 Å². The van der Waals surface area contributed by atoms with Crippen LogP contribution in [0.5, 0.6) is 0 Å². The Hall–Kier alpha value is -2.52. The molecule has 2 aromatic heterocycles. The molecule has 170 valence electrons. The number of nitrogens with zero attached hydrogens (tertiary/aromatic N) is 4. The zero-order valence-electron chi connectivity index (χ0n) is 17.7. The summed E-state index contributed by atoms with van der Waals surface area (Å²) >= 11 is 0. The molecule has 1 unspecified atom stereocenters. The van der Waals surface area contributed by atoms with Gasteiger partial charge in [-0.2, -0.15) is 13.2 Å². The fourth-order valence-corrected chi connectivity index (χ4v) is 4.59. The molecule has 3 aromatic rings. The van der Waals surface area contributed by atoms with Gasteiger partial charge in [0, 0.05) is 31.3 Å². The van der Waals surface area contributed by atoms with Gasteiger partial charge in [-0.25, -0.2) is 4.39 Å². The van der Waals surface area contributed by atoms with E-state index in [1.165, 1.54) is 16.5 Å². The Balaban J connectivity index is 1.55. The summed E-state index contributed by atoms with van der Waals surface area (Å²) in [6.45, 7) is 2.73. The first-order valence-corrected chi connectivity index (χ1v) is 10.8. The van der Waals surface area contributed by atoms with Gasteiger partial charge in [0.2, 0.25) is 0 Å². The van der Waals surface area contributed by atoms with E-state index in [1.807, 2.05) is 4.90 Å². The summed E-state index contributed by atoms with van der Waals surface area (Å²) in [6.07, 6.45) is -0.191. The van der Waals surface area contributed by atoms with Gasteiger partial charge >= 0.3 is 6.18 Å². The largest absolute Gasteiger partial charge is 0.420 e. The first-order valence-electron chi connectivity index (χ1n) is 10.8. The molecule has 32 heavy (non-hydrogen) atoms. The van der Waals surface area contributed by atoms with E-state index in [-0.39, 0.29) is 24.4 Å². The zero-order valence-corrected chi connectivity index (χ0v) is 17.7. The van der Waals surface area contributed by atoms with E-state index in [4.69, 9.17) is 4.74 Å². The van der Waals surface area contributed by atoms with Crippen molar-refractivity contribution in [2.24, 2.45) is 5.92 Å². The van der Waals surface area contributed by atoms with Crippen LogP contribution in [0, 0.1) is 11.7 Å². The van der Waals surface area contributed by atoms with E-state index in [9.17, 15) is 17.6 Å². The van der Waals surface area contributed by atoms with Crippen molar-refractivity contribution in [2.75, 3.05) is 19.8 Å². The standard InChI is InChI=1S/C23H24F4N4O/c1-22(17-4-2-3-5-18(17)24)14-32-11-10-30(22)13-16-8-9-31-19(12-15-6-7-15)28-29-21(31)20(16)23(25,26)27/h2-5,8-9,15H,6-7,10-14H2,1H3. The van der Waals surface area contributed by atoms with Gasteiger partial charge in [0.05, 0.1) is 18.8 Å². The van der Waals surface area contributed by atoms with Crippen LogP contribution in [0.3, 0.4) is 0 Å². The van der Waals surface area contributed by atoms with Crippen LogP contribution in [0.2, 0.25) is 0 Å². The molecule has 2 aliphatic rings. The van der Waals surface area contributed by atoms with Crippen LogP contribution < -0.4 is 0 Å². The predicted molar refractivity (Wildman–Crippen MR) is 109 cm³/mol. The number of aromatic nitrogens is 3. The van der Waals surface area contributed by atoms with Crippen LogP contribution in [0.1, 0.15) is 42.3 Å². The van der Waals surface area contributed by atoms with Crippen molar-refractivity contribution in [2.45, 2.75) is 44.4 Å². The molecule has 0 bridgehead atoms. The number of hydrogen-bond acceptors (Lipinski definition) is 4. The minimum Gasteiger partial charge on any atom is -0.378 e. The maximum atomic E-state index is 14.6. The molecule has 0 spiro atoms. The molecule has 1 saturated heterocycles. The zero-order chi connectivity index (χ0) is 22.5. The molecule has 5 nitrogen and oxygen atoms in total. The lowest BCUT2D eigenvalue weighted by Crippen LogP contribution is -2.52. The van der Waals surface area contributed by atoms with Crippen LogP contribution in [-0.2, 0) is 29.4 Å². The minimum atomic E-state index is -4.59. The van der Waals surface area contributed by atoms with Crippen molar-refractivity contribution in [3.8, 4) is 0 Å². The average molecular weight is 448 g/mol. The summed E-state index contributed by atoms with van der Waals surface area (Å²) in [5.41, 5.74) is -1.35. The van der Waals surface area contributed by atoms with Crippen LogP contribution in [-0.4, -0.2) is 39.3 Å². The molecule has 0 radical (unpaired) electrons. The first-order chi connectivity index (χ1) is 15.3. The van der Waals surface area contributed by atoms with Gasteiger partial charge < -0.3 is 4.74 Å². The number of hydrogen-bond donors (Lipinski definition) is 0. The van der Waals surface area contributed by atoms with Crippen LogP contribution in [0.15, 0.2) is 36.5 Å². The number of benzene rings is 1. The quantitative estimate of drug-likeness (QED) is 0.536. The SMILES string of the molecule is CC1(c2ccccc2F)COCCN1Cc1ccn2c(CC3CC3)nnc2c1C(F)(F)F. The van der Waals surface area contributed by atoms with Gasteiger partial charge in [0.25, 0.3) is 0 Å². The number of ether oxygens (including phenoxy) is 1. The lowest BCUT2D eigenvalue weighted by Gasteiger charge is -2.45. The predicted octanol–water partition coefficient (Wildman–Crippen LogP) is 4.59. The number of halogens is 4. The van der Waals surface area contributed by atoms with Gasteiger partial charge in [0.15, 0.2) is 5.65 Å². The topological polar surface area (TPSA) is 42.7 Å². The molecule has 3 heterocycles. The Morgan fingerprint density at radius 1 is 1.16 bits per heavy atom. The van der Waals surface area contributed by atoms with E-state index < -0.39 is 23.1 Å². The maximum Gasteiger partial charge on any atom is 0.420 e. The van der Waals surface area contributed by atoms with Crippen LogP contribution in [0.4, 0.5) is 17.6 Å². The van der Waals surface area contributed by atoms with E-state index in [1.54, 1.807) is 31.3 Å². The molecule has 2 fully saturated rings. The molecular formula is C23H24F4N4O. The fraction of sp³-hybridized carbons (Fsp3) is 0.478. The summed E-state index contributed by atoms with van der Waals surface area (Å²) < 4.78 is 64.4. The van der Waals surface area contributed by atoms with Gasteiger partial charge in [-0.05, 0) is 43.4 Å². The Morgan fingerprint density at radius 2 is 1.94 bits per heavy atom. The van der Waals surface area contributed by atoms with Crippen LogP contribution in [0.25, 0.3) is 5.65 Å². The third kappa shape index (κ3) is 3.77. The molecule has 1 atom stereocenters. The molecule has 1 saturated carbocycles. The molecule has 1 aliphatic heterocycles. The highest BCUT2D eigenvalue weighted by Crippen LogP contribution is 2.39. The molecule has 5 rings (SSSR count). The van der Waals surface area contributed by atoms with Crippen molar-refractivity contribution in [3.63, 3.8) is 0 Å². The Kier molecular flexibility index (Phi) is 5.21. The van der Waals surface area contributed by atoms with Crippen LogP contribution >= 0.6 is 0 Å². The second-order valence-electron chi connectivity index (χ2n) is 8.90. The van der Waals surface area contributed by atoms with Gasteiger partial charge in [-0.1, -0.05) is 18.2 Å². The summed E-state index contributed by atoms with van der Waals surface area (Å²) in [4.78, 5) is 1.86. The molecule has 0 amide bonds. The lowest BCUT2D eigenvalue weighted by molar-refractivity contribution is -0.138. The van der Waals surface area contributed by atoms with Crippen molar-refractivity contribution in [1.29, 1.82) is 0 Å². The molecule has 0 N–H and O–H groups in total. The summed E-state index contributed by atoms with van der Waals surface area (Å²) in [5, 5.41) is 7.97. The summed E-state index contributed by atoms with van der Waals surface area (Å²) in [7, 11) is 0. The van der Waals surface area contributed by atoms with Crippen molar-refractivity contribution >= 4 is 5.65 Å². The lowest BCUT2D eigenvalue weighted by atomic mass is 9.88.